The molecular formula is C19H24N6O2S. The SMILES string of the molecule is Cc1cc(N2CCN(CCS(C)(=O)=O)CC2)ccc1-n1ncc2cncnc21. The van der Waals surface area contributed by atoms with Gasteiger partial charge in [0.2, 0.25) is 0 Å². The van der Waals surface area contributed by atoms with Crippen LogP contribution in [0.1, 0.15) is 5.56 Å². The zero-order valence-electron chi connectivity index (χ0n) is 16.1. The number of anilines is 1. The standard InChI is InChI=1S/C19H24N6O2S/c1-15-11-17(24-7-5-23(6-8-24)9-10-28(2,26)27)3-4-18(15)25-19-16(13-22-25)12-20-14-21-19/h3-4,11-14H,5-10H2,1-2H3. The van der Waals surface area contributed by atoms with E-state index in [4.69, 9.17) is 0 Å². The van der Waals surface area contributed by atoms with Gasteiger partial charge in [-0.1, -0.05) is 0 Å². The molecule has 148 valence electrons. The summed E-state index contributed by atoms with van der Waals surface area (Å²) in [5.41, 5.74) is 4.10. The molecule has 28 heavy (non-hydrogen) atoms. The molecule has 1 fully saturated rings. The van der Waals surface area contributed by atoms with E-state index >= 15 is 0 Å². The molecule has 0 unspecified atom stereocenters. The fourth-order valence-corrected chi connectivity index (χ4v) is 4.14. The average Bonchev–Trinajstić information content (AvgIpc) is 3.10. The van der Waals surface area contributed by atoms with E-state index in [1.807, 2.05) is 4.68 Å². The average molecular weight is 401 g/mol. The summed E-state index contributed by atoms with van der Waals surface area (Å²) >= 11 is 0. The molecule has 2 aromatic heterocycles. The number of hydrogen-bond acceptors (Lipinski definition) is 7. The van der Waals surface area contributed by atoms with E-state index in [1.165, 1.54) is 18.3 Å². The van der Waals surface area contributed by atoms with Crippen LogP contribution in [0.2, 0.25) is 0 Å². The monoisotopic (exact) mass is 400 g/mol. The molecule has 0 atom stereocenters. The van der Waals surface area contributed by atoms with Gasteiger partial charge in [0.15, 0.2) is 5.65 Å². The number of rotatable bonds is 5. The van der Waals surface area contributed by atoms with Gasteiger partial charge in [0, 0.05) is 50.9 Å². The van der Waals surface area contributed by atoms with Crippen LogP contribution < -0.4 is 4.90 Å². The second-order valence-corrected chi connectivity index (χ2v) is 9.55. The molecule has 3 aromatic rings. The Bertz CT molecular complexity index is 1090. The maximum absolute atomic E-state index is 11.4. The van der Waals surface area contributed by atoms with Crippen molar-refractivity contribution in [2.24, 2.45) is 0 Å². The Morgan fingerprint density at radius 3 is 2.61 bits per heavy atom. The molecule has 1 aliphatic rings. The van der Waals surface area contributed by atoms with Crippen LogP contribution in [0.4, 0.5) is 5.69 Å². The summed E-state index contributed by atoms with van der Waals surface area (Å²) in [6, 6.07) is 6.37. The van der Waals surface area contributed by atoms with Gasteiger partial charge in [-0.3, -0.25) is 4.90 Å². The molecular weight excluding hydrogens is 376 g/mol. The minimum atomic E-state index is -2.91. The van der Waals surface area contributed by atoms with Gasteiger partial charge in [-0.2, -0.15) is 5.10 Å². The first-order chi connectivity index (χ1) is 13.4. The minimum absolute atomic E-state index is 0.224. The van der Waals surface area contributed by atoms with Crippen LogP contribution >= 0.6 is 0 Å². The third-order valence-electron chi connectivity index (χ3n) is 5.16. The van der Waals surface area contributed by atoms with E-state index in [2.05, 4.69) is 50.0 Å². The second-order valence-electron chi connectivity index (χ2n) is 7.29. The Kier molecular flexibility index (Phi) is 5.03. The quantitative estimate of drug-likeness (QED) is 0.638. The molecule has 8 nitrogen and oxygen atoms in total. The summed E-state index contributed by atoms with van der Waals surface area (Å²) in [4.78, 5) is 12.9. The number of benzene rings is 1. The van der Waals surface area contributed by atoms with Gasteiger partial charge >= 0.3 is 0 Å². The van der Waals surface area contributed by atoms with Crippen molar-refractivity contribution in [3.63, 3.8) is 0 Å². The molecule has 0 aliphatic carbocycles. The van der Waals surface area contributed by atoms with Crippen molar-refractivity contribution in [1.82, 2.24) is 24.6 Å². The van der Waals surface area contributed by atoms with Crippen LogP contribution in [0.3, 0.4) is 0 Å². The Morgan fingerprint density at radius 1 is 1.11 bits per heavy atom. The molecule has 0 saturated carbocycles. The highest BCUT2D eigenvalue weighted by molar-refractivity contribution is 7.90. The molecule has 0 N–H and O–H groups in total. The van der Waals surface area contributed by atoms with Crippen molar-refractivity contribution in [1.29, 1.82) is 0 Å². The van der Waals surface area contributed by atoms with Crippen molar-refractivity contribution >= 4 is 26.6 Å². The number of hydrogen-bond donors (Lipinski definition) is 0. The first-order valence-electron chi connectivity index (χ1n) is 9.30. The van der Waals surface area contributed by atoms with Crippen LogP contribution in [0.15, 0.2) is 36.9 Å². The molecule has 3 heterocycles. The summed E-state index contributed by atoms with van der Waals surface area (Å²) in [5, 5.41) is 5.38. The fourth-order valence-electron chi connectivity index (χ4n) is 3.55. The van der Waals surface area contributed by atoms with Crippen molar-refractivity contribution in [3.05, 3.63) is 42.5 Å². The molecule has 9 heteroatoms. The zero-order valence-corrected chi connectivity index (χ0v) is 16.9. The van der Waals surface area contributed by atoms with E-state index in [1.54, 1.807) is 12.4 Å². The van der Waals surface area contributed by atoms with Gasteiger partial charge in [0.25, 0.3) is 0 Å². The number of nitrogens with zero attached hydrogens (tertiary/aromatic N) is 6. The predicted octanol–water partition coefficient (Wildman–Crippen LogP) is 1.29. The normalized spacial score (nSPS) is 16.0. The van der Waals surface area contributed by atoms with E-state index in [-0.39, 0.29) is 5.75 Å². The van der Waals surface area contributed by atoms with Crippen molar-refractivity contribution in [3.8, 4) is 5.69 Å². The lowest BCUT2D eigenvalue weighted by molar-refractivity contribution is 0.272. The Balaban J connectivity index is 1.47. The lowest BCUT2D eigenvalue weighted by atomic mass is 10.1. The first kappa shape index (κ1) is 18.8. The second kappa shape index (κ2) is 7.48. The smallest absolute Gasteiger partial charge is 0.166 e. The van der Waals surface area contributed by atoms with Gasteiger partial charge < -0.3 is 4.90 Å². The van der Waals surface area contributed by atoms with E-state index in [0.29, 0.717) is 6.54 Å². The zero-order chi connectivity index (χ0) is 19.7. The van der Waals surface area contributed by atoms with E-state index < -0.39 is 9.84 Å². The molecule has 0 radical (unpaired) electrons. The lowest BCUT2D eigenvalue weighted by Crippen LogP contribution is -2.47. The van der Waals surface area contributed by atoms with Gasteiger partial charge in [-0.25, -0.2) is 23.1 Å². The number of aromatic nitrogens is 4. The summed E-state index contributed by atoms with van der Waals surface area (Å²) < 4.78 is 24.6. The highest BCUT2D eigenvalue weighted by atomic mass is 32.2. The molecule has 0 bridgehead atoms. The van der Waals surface area contributed by atoms with Crippen molar-refractivity contribution in [2.45, 2.75) is 6.92 Å². The van der Waals surface area contributed by atoms with Crippen molar-refractivity contribution in [2.75, 3.05) is 49.6 Å². The van der Waals surface area contributed by atoms with Crippen LogP contribution in [0, 0.1) is 6.92 Å². The molecule has 1 aromatic carbocycles. The van der Waals surface area contributed by atoms with Gasteiger partial charge in [-0.15, -0.1) is 0 Å². The maximum atomic E-state index is 11.4. The number of piperazine rings is 1. The highest BCUT2D eigenvalue weighted by Gasteiger charge is 2.19. The van der Waals surface area contributed by atoms with Gasteiger partial charge in [-0.05, 0) is 30.7 Å². The summed E-state index contributed by atoms with van der Waals surface area (Å²) in [6.07, 6.45) is 6.37. The van der Waals surface area contributed by atoms with Crippen LogP contribution in [-0.2, 0) is 9.84 Å². The first-order valence-corrected chi connectivity index (χ1v) is 11.4. The van der Waals surface area contributed by atoms with Crippen molar-refractivity contribution < 1.29 is 8.42 Å². The summed E-state index contributed by atoms with van der Waals surface area (Å²) in [5.74, 6) is 0.224. The number of aryl methyl sites for hydroxylation is 1. The lowest BCUT2D eigenvalue weighted by Gasteiger charge is -2.36. The maximum Gasteiger partial charge on any atom is 0.166 e. The molecule has 4 rings (SSSR count). The summed E-state index contributed by atoms with van der Waals surface area (Å²) in [7, 11) is -2.91. The van der Waals surface area contributed by atoms with Crippen LogP contribution in [0.5, 0.6) is 0 Å². The van der Waals surface area contributed by atoms with Crippen LogP contribution in [0.25, 0.3) is 16.7 Å². The molecule has 0 spiro atoms. The molecule has 1 aliphatic heterocycles. The van der Waals surface area contributed by atoms with Gasteiger partial charge in [0.05, 0.1) is 23.0 Å². The Morgan fingerprint density at radius 2 is 1.89 bits per heavy atom. The van der Waals surface area contributed by atoms with E-state index in [9.17, 15) is 8.42 Å². The summed E-state index contributed by atoms with van der Waals surface area (Å²) in [6.45, 7) is 6.21. The molecule has 0 amide bonds. The predicted molar refractivity (Wildman–Crippen MR) is 110 cm³/mol. The fraction of sp³-hybridized carbons (Fsp3) is 0.421. The van der Waals surface area contributed by atoms with Gasteiger partial charge in [0.1, 0.15) is 16.2 Å². The highest BCUT2D eigenvalue weighted by Crippen LogP contribution is 2.24. The molecule has 1 saturated heterocycles. The Labute approximate surface area is 164 Å². The topological polar surface area (TPSA) is 84.2 Å². The Hall–Kier alpha value is -2.52. The van der Waals surface area contributed by atoms with Crippen LogP contribution in [-0.4, -0.2) is 77.8 Å². The third kappa shape index (κ3) is 4.00. The largest absolute Gasteiger partial charge is 0.369 e. The number of fused-ring (bicyclic) bond motifs is 1. The number of sulfone groups is 1. The third-order valence-corrected chi connectivity index (χ3v) is 6.08. The van der Waals surface area contributed by atoms with E-state index in [0.717, 1.165) is 48.5 Å². The minimum Gasteiger partial charge on any atom is -0.369 e.